The highest BCUT2D eigenvalue weighted by atomic mass is 32.3. The van der Waals surface area contributed by atoms with Gasteiger partial charge in [-0.25, -0.2) is 21.8 Å². The van der Waals surface area contributed by atoms with E-state index in [0.717, 1.165) is 11.9 Å². The van der Waals surface area contributed by atoms with Crippen molar-refractivity contribution in [2.24, 2.45) is 0 Å². The van der Waals surface area contributed by atoms with Crippen LogP contribution in [0.5, 0.6) is 5.75 Å². The van der Waals surface area contributed by atoms with E-state index in [1.54, 1.807) is 61.1 Å². The number of aliphatic hydroxyl groups excluding tert-OH is 2. The van der Waals surface area contributed by atoms with Crippen molar-refractivity contribution < 1.29 is 145 Å². The van der Waals surface area contributed by atoms with Crippen LogP contribution in [0.25, 0.3) is 10.9 Å². The van der Waals surface area contributed by atoms with Gasteiger partial charge in [-0.3, -0.25) is 76.5 Å². The van der Waals surface area contributed by atoms with Crippen molar-refractivity contribution in [2.75, 3.05) is 169 Å². The number of hydrogen-bond acceptors (Lipinski definition) is 32. The van der Waals surface area contributed by atoms with Gasteiger partial charge in [0.2, 0.25) is 39.9 Å². The number of rotatable bonds is 52. The fourth-order valence-electron chi connectivity index (χ4n) is 11.9. The van der Waals surface area contributed by atoms with Crippen molar-refractivity contribution in [1.29, 1.82) is 0 Å². The summed E-state index contributed by atoms with van der Waals surface area (Å²) in [5.74, 6) is -7.07. The third-order valence-corrected chi connectivity index (χ3v) is 20.1. The van der Waals surface area contributed by atoms with E-state index >= 15 is 0 Å². The zero-order valence-electron chi connectivity index (χ0n) is 63.8. The van der Waals surface area contributed by atoms with Crippen LogP contribution < -0.4 is 41.4 Å². The topological polar surface area (TPSA) is 635 Å². The van der Waals surface area contributed by atoms with Gasteiger partial charge in [0.1, 0.15) is 36.1 Å². The van der Waals surface area contributed by atoms with E-state index < -0.39 is 167 Å². The standard InChI is InChI=1S/C67H103N15O31S3/c1-44-35-48(36-45(2)61(44)114(98,99)77-50(64(96)97)39-74-62(94)46-8-10-51-47(37-46)38-75-82(51)18-4-12-71-67-72-15-16-73-67)109-29-3-7-52(83)68-13-5-27-106-31-33-108-34-32-107-28-6-14-70-63(95)49(9-11-53(84)69-17-30-110-65-58(92)60(112-115(100,101)102)59(93)66(111-65)113-116(103,104)105)76-54(85)40-78-19-21-79(41-55(86)87)23-25-81(43-57(90)91)26-24-80(22-20-78)42-56(88)89/h8,10,15-16,35-38,49-50,58-60,65-66,77,92-93H,3-7,9,11-14,17-34,39-43H2,1-2H3,(H,68,83)(H,69,84)(H,70,95)(H,74,94)(H,76,85)(H,86,87)(H,88,89)(H,90,91)(H,96,97)(H2,71,72,73)(H,100,101,102)(H,103,104,105)/t49-,50+,58-,59-,60-,65-,66-/m1/s1. The Kier molecular flexibility index (Phi) is 40.4. The second-order valence-electron chi connectivity index (χ2n) is 26.6. The van der Waals surface area contributed by atoms with E-state index in [-0.39, 0.29) is 152 Å². The van der Waals surface area contributed by atoms with E-state index in [4.69, 9.17) is 37.5 Å². The number of sulfonamides is 1. The van der Waals surface area contributed by atoms with Crippen LogP contribution in [0.2, 0.25) is 0 Å². The van der Waals surface area contributed by atoms with Gasteiger partial charge in [-0.05, 0) is 87.4 Å². The third-order valence-electron chi connectivity index (χ3n) is 17.5. The van der Waals surface area contributed by atoms with Gasteiger partial charge in [-0.2, -0.15) is 26.7 Å². The highest BCUT2D eigenvalue weighted by Gasteiger charge is 2.50. The Morgan fingerprint density at radius 3 is 1.69 bits per heavy atom. The smallest absolute Gasteiger partial charge is 0.399 e. The fraction of sp³-hybridized carbons (Fsp3) is 0.627. The molecule has 2 fully saturated rings. The molecule has 5 amide bonds. The van der Waals surface area contributed by atoms with E-state index in [9.17, 15) is 99.0 Å². The molecular weight excluding hydrogens is 1610 g/mol. The summed E-state index contributed by atoms with van der Waals surface area (Å²) in [6.45, 7) is 3.47. The van der Waals surface area contributed by atoms with Crippen molar-refractivity contribution in [3.63, 3.8) is 0 Å². The summed E-state index contributed by atoms with van der Waals surface area (Å²) in [6, 6.07) is 4.77. The summed E-state index contributed by atoms with van der Waals surface area (Å²) in [5, 5.41) is 81.1. The molecule has 2 saturated heterocycles. The normalized spacial score (nSPS) is 18.4. The molecule has 0 saturated carbocycles. The van der Waals surface area contributed by atoms with Crippen LogP contribution in [0.3, 0.4) is 0 Å². The van der Waals surface area contributed by atoms with Crippen molar-refractivity contribution in [1.82, 2.24) is 70.7 Å². The Labute approximate surface area is 667 Å². The molecule has 0 aliphatic carbocycles. The number of aromatic nitrogens is 4. The van der Waals surface area contributed by atoms with Gasteiger partial charge in [0.15, 0.2) is 12.2 Å². The molecule has 0 bridgehead atoms. The Balaban J connectivity index is 0.869. The molecule has 4 heterocycles. The Bertz CT molecular complexity index is 4150. The zero-order valence-corrected chi connectivity index (χ0v) is 66.3. The molecule has 0 spiro atoms. The second kappa shape index (κ2) is 48.8. The minimum atomic E-state index is -5.42. The highest BCUT2D eigenvalue weighted by molar-refractivity contribution is 7.89. The average Bonchev–Trinajstić information content (AvgIpc) is 0.957. The number of hydrogen-bond donors (Lipinski definition) is 16. The number of anilines is 1. The maximum absolute atomic E-state index is 13.9. The first-order valence-corrected chi connectivity index (χ1v) is 41.0. The van der Waals surface area contributed by atoms with Crippen LogP contribution in [0.1, 0.15) is 66.4 Å². The number of nitrogens with one attached hydrogen (secondary N) is 8. The van der Waals surface area contributed by atoms with Crippen molar-refractivity contribution >= 4 is 101 Å². The maximum Gasteiger partial charge on any atom is 0.399 e. The lowest BCUT2D eigenvalue weighted by atomic mass is 10.0. The SMILES string of the molecule is Cc1cc(OCCCC(=O)NCCCOCCOCCOCCCNC(=O)[C@@H](CCC(=O)NCCO[C@@H]2O[C@H](OS(=O)(=O)O)[C@H](O)[C@H](OS(=O)(=O)O)[C@H]2O)NC(=O)CN2CCN(CC(=O)O)CCN(CC(=O)O)CCN(CC(=O)O)CC2)cc(C)c1S(=O)(=O)N[C@@H](CNC(=O)c1ccc2c(cnn2CCCNc2ncc[nH]2)c1)C(=O)O. The van der Waals surface area contributed by atoms with E-state index in [2.05, 4.69) is 60.1 Å². The first kappa shape index (κ1) is 96.0. The van der Waals surface area contributed by atoms with Crippen LogP contribution in [0.15, 0.2) is 53.8 Å². The van der Waals surface area contributed by atoms with Gasteiger partial charge >= 0.3 is 44.7 Å². The number of fused-ring (bicyclic) bond motifs is 1. The number of ether oxygens (including phenoxy) is 6. The number of carbonyl (C=O) groups excluding carboxylic acids is 5. The summed E-state index contributed by atoms with van der Waals surface area (Å²) >= 11 is 0. The molecule has 0 radical (unpaired) electrons. The predicted octanol–water partition coefficient (Wildman–Crippen LogP) is -4.45. The molecule has 7 atom stereocenters. The van der Waals surface area contributed by atoms with Crippen molar-refractivity contribution in [2.45, 2.75) is 113 Å². The number of aliphatic hydroxyl groups is 2. The summed E-state index contributed by atoms with van der Waals surface area (Å²) in [7, 11) is -15.2. The molecule has 49 heteroatoms. The van der Waals surface area contributed by atoms with Gasteiger partial charge in [-0.15, -0.1) is 0 Å². The molecule has 46 nitrogen and oxygen atoms in total. The Hall–Kier alpha value is -8.84. The average molecular weight is 1710 g/mol. The molecule has 16 N–H and O–H groups in total. The number of aromatic amines is 1. The molecule has 4 aromatic rings. The number of nitrogens with zero attached hydrogens (tertiary/aromatic N) is 7. The lowest BCUT2D eigenvalue weighted by Gasteiger charge is -2.40. The molecule has 2 aromatic carbocycles. The van der Waals surface area contributed by atoms with Crippen LogP contribution in [-0.2, 0) is 108 Å². The molecule has 2 aromatic heterocycles. The number of benzene rings is 2. The molecule has 650 valence electrons. The second-order valence-corrected chi connectivity index (χ2v) is 30.4. The highest BCUT2D eigenvalue weighted by Crippen LogP contribution is 2.29. The number of carboxylic acid groups (broad SMARTS) is 4. The maximum atomic E-state index is 13.9. The van der Waals surface area contributed by atoms with Crippen molar-refractivity contribution in [3.05, 3.63) is 65.6 Å². The van der Waals surface area contributed by atoms with E-state index in [0.29, 0.717) is 56.2 Å². The summed E-state index contributed by atoms with van der Waals surface area (Å²) in [6.07, 6.45) is -5.47. The van der Waals surface area contributed by atoms with E-state index in [1.807, 2.05) is 0 Å². The predicted molar refractivity (Wildman–Crippen MR) is 402 cm³/mol. The van der Waals surface area contributed by atoms with Gasteiger partial charge in [0.05, 0.1) is 82.4 Å². The summed E-state index contributed by atoms with van der Waals surface area (Å²) in [4.78, 5) is 127. The first-order valence-electron chi connectivity index (χ1n) is 36.8. The molecular formula is C67H103N15O31S3. The number of H-pyrrole nitrogens is 1. The minimum absolute atomic E-state index is 0.0237. The van der Waals surface area contributed by atoms with Crippen LogP contribution in [-0.4, -0.2) is 365 Å². The van der Waals surface area contributed by atoms with Crippen molar-refractivity contribution in [3.8, 4) is 5.75 Å². The fourth-order valence-corrected chi connectivity index (χ4v) is 14.5. The van der Waals surface area contributed by atoms with Gasteiger partial charge < -0.3 is 95.9 Å². The van der Waals surface area contributed by atoms with Crippen LogP contribution >= 0.6 is 0 Å². The van der Waals surface area contributed by atoms with Gasteiger partial charge in [0, 0.05) is 141 Å². The number of aryl methyl sites for hydroxylation is 3. The van der Waals surface area contributed by atoms with Gasteiger partial charge in [0.25, 0.3) is 5.91 Å². The summed E-state index contributed by atoms with van der Waals surface area (Å²) < 4.78 is 137. The Morgan fingerprint density at radius 2 is 1.14 bits per heavy atom. The molecule has 6 rings (SSSR count). The minimum Gasteiger partial charge on any atom is -0.494 e. The quantitative estimate of drug-likeness (QED) is 0.0146. The third kappa shape index (κ3) is 35.9. The van der Waals surface area contributed by atoms with E-state index in [1.165, 1.54) is 26.0 Å². The van der Waals surface area contributed by atoms with Crippen LogP contribution in [0.4, 0.5) is 5.95 Å². The first-order chi connectivity index (χ1) is 55.0. The zero-order chi connectivity index (χ0) is 85.0. The monoisotopic (exact) mass is 1710 g/mol. The molecule has 2 aliphatic heterocycles. The number of carbonyl (C=O) groups is 9. The lowest BCUT2D eigenvalue weighted by molar-refractivity contribution is -0.329. The largest absolute Gasteiger partial charge is 0.494 e. The molecule has 116 heavy (non-hydrogen) atoms. The Morgan fingerprint density at radius 1 is 0.595 bits per heavy atom. The number of carboxylic acids is 4. The van der Waals surface area contributed by atoms with Gasteiger partial charge in [-0.1, -0.05) is 0 Å². The number of amides is 5. The number of aliphatic carboxylic acids is 4. The lowest BCUT2D eigenvalue weighted by Crippen LogP contribution is -2.60. The number of imidazole rings is 1. The van der Waals surface area contributed by atoms with Crippen LogP contribution in [0, 0.1) is 13.8 Å². The molecule has 0 unspecified atom stereocenters. The molecule has 2 aliphatic rings. The summed E-state index contributed by atoms with van der Waals surface area (Å²) in [5.41, 5.74) is 1.53.